The molecule has 0 saturated carbocycles. The van der Waals surface area contributed by atoms with Crippen LogP contribution in [-0.4, -0.2) is 31.1 Å². The van der Waals surface area contributed by atoms with Gasteiger partial charge in [-0.25, -0.2) is 14.0 Å². The van der Waals surface area contributed by atoms with Gasteiger partial charge < -0.3 is 14.8 Å². The number of nitriles is 1. The van der Waals surface area contributed by atoms with Crippen molar-refractivity contribution in [2.75, 3.05) is 18.5 Å². The number of anilines is 1. The lowest BCUT2D eigenvalue weighted by Gasteiger charge is -2.08. The summed E-state index contributed by atoms with van der Waals surface area (Å²) in [6, 6.07) is 11.1. The topological polar surface area (TPSA) is 105 Å². The number of esters is 2. The second-order valence-electron chi connectivity index (χ2n) is 6.00. The van der Waals surface area contributed by atoms with Crippen molar-refractivity contribution in [2.24, 2.45) is 0 Å². The van der Waals surface area contributed by atoms with Crippen LogP contribution in [0.25, 0.3) is 0 Å². The summed E-state index contributed by atoms with van der Waals surface area (Å²) in [5.41, 5.74) is 0.430. The number of nitrogens with zero attached hydrogens (tertiary/aromatic N) is 1. The molecule has 2 rings (SSSR count). The summed E-state index contributed by atoms with van der Waals surface area (Å²) in [7, 11) is 0. The quantitative estimate of drug-likeness (QED) is 0.539. The van der Waals surface area contributed by atoms with E-state index in [1.165, 1.54) is 30.3 Å². The highest BCUT2D eigenvalue weighted by molar-refractivity contribution is 5.96. The molecule has 0 heterocycles. The standard InChI is InChI=1S/C21H19FN2O5/c1-2-3-10-28-20(26)15-5-7-16(8-6-15)24-19(25)13-29-21(27)17-9-4-14(12-23)11-18(17)22/h4-9,11H,2-3,10,13H2,1H3,(H,24,25). The van der Waals surface area contributed by atoms with Crippen LogP contribution in [0.3, 0.4) is 0 Å². The van der Waals surface area contributed by atoms with E-state index in [0.29, 0.717) is 17.9 Å². The highest BCUT2D eigenvalue weighted by Gasteiger charge is 2.15. The number of benzene rings is 2. The van der Waals surface area contributed by atoms with Gasteiger partial charge in [-0.2, -0.15) is 5.26 Å². The minimum Gasteiger partial charge on any atom is -0.462 e. The number of carbonyl (C=O) groups is 3. The van der Waals surface area contributed by atoms with E-state index in [1.807, 2.05) is 6.92 Å². The van der Waals surface area contributed by atoms with Gasteiger partial charge in [0.1, 0.15) is 5.82 Å². The Bertz CT molecular complexity index is 935. The van der Waals surface area contributed by atoms with Gasteiger partial charge in [0.05, 0.1) is 29.4 Å². The van der Waals surface area contributed by atoms with E-state index in [0.717, 1.165) is 25.0 Å². The number of unbranched alkanes of at least 4 members (excludes halogenated alkanes) is 1. The van der Waals surface area contributed by atoms with E-state index >= 15 is 0 Å². The fourth-order valence-electron chi connectivity index (χ4n) is 2.24. The average molecular weight is 398 g/mol. The largest absolute Gasteiger partial charge is 0.462 e. The predicted octanol–water partition coefficient (Wildman–Crippen LogP) is 3.45. The van der Waals surface area contributed by atoms with Gasteiger partial charge in [-0.15, -0.1) is 0 Å². The number of hydrogen-bond donors (Lipinski definition) is 1. The Morgan fingerprint density at radius 2 is 1.79 bits per heavy atom. The fourth-order valence-corrected chi connectivity index (χ4v) is 2.24. The van der Waals surface area contributed by atoms with Crippen LogP contribution in [0.1, 0.15) is 46.0 Å². The molecule has 0 atom stereocenters. The van der Waals surface area contributed by atoms with Gasteiger partial charge in [-0.1, -0.05) is 13.3 Å². The van der Waals surface area contributed by atoms with E-state index in [2.05, 4.69) is 5.32 Å². The Morgan fingerprint density at radius 1 is 1.07 bits per heavy atom. The summed E-state index contributed by atoms with van der Waals surface area (Å²) in [6.07, 6.45) is 1.70. The fraction of sp³-hybridized carbons (Fsp3) is 0.238. The lowest BCUT2D eigenvalue weighted by atomic mass is 10.1. The molecule has 0 bridgehead atoms. The lowest BCUT2D eigenvalue weighted by Crippen LogP contribution is -2.21. The van der Waals surface area contributed by atoms with Crippen LogP contribution in [0.5, 0.6) is 0 Å². The number of rotatable bonds is 8. The first kappa shape index (κ1) is 21.6. The molecular weight excluding hydrogens is 379 g/mol. The summed E-state index contributed by atoms with van der Waals surface area (Å²) in [5, 5.41) is 11.2. The Hall–Kier alpha value is -3.73. The van der Waals surface area contributed by atoms with Gasteiger partial charge >= 0.3 is 11.9 Å². The first-order valence-corrected chi connectivity index (χ1v) is 8.88. The molecule has 2 aromatic rings. The van der Waals surface area contributed by atoms with Gasteiger partial charge in [0.2, 0.25) is 0 Å². The smallest absolute Gasteiger partial charge is 0.341 e. The monoisotopic (exact) mass is 398 g/mol. The van der Waals surface area contributed by atoms with E-state index in [1.54, 1.807) is 6.07 Å². The molecule has 150 valence electrons. The molecule has 0 radical (unpaired) electrons. The maximum atomic E-state index is 13.8. The van der Waals surface area contributed by atoms with Crippen LogP contribution >= 0.6 is 0 Å². The molecule has 0 saturated heterocycles. The first-order valence-electron chi connectivity index (χ1n) is 8.88. The summed E-state index contributed by atoms with van der Waals surface area (Å²) < 4.78 is 23.6. The summed E-state index contributed by atoms with van der Waals surface area (Å²) in [6.45, 7) is 1.71. The third-order valence-corrected chi connectivity index (χ3v) is 3.79. The molecular formula is C21H19FN2O5. The van der Waals surface area contributed by atoms with Crippen LogP contribution in [0, 0.1) is 17.1 Å². The van der Waals surface area contributed by atoms with Crippen LogP contribution in [0.15, 0.2) is 42.5 Å². The zero-order valence-corrected chi connectivity index (χ0v) is 15.7. The number of ether oxygens (including phenoxy) is 2. The zero-order valence-electron chi connectivity index (χ0n) is 15.7. The van der Waals surface area contributed by atoms with Gasteiger partial charge in [0, 0.05) is 5.69 Å². The van der Waals surface area contributed by atoms with Crippen molar-refractivity contribution in [3.8, 4) is 6.07 Å². The van der Waals surface area contributed by atoms with Crippen molar-refractivity contribution in [3.05, 3.63) is 65.0 Å². The van der Waals surface area contributed by atoms with Crippen molar-refractivity contribution in [2.45, 2.75) is 19.8 Å². The molecule has 1 N–H and O–H groups in total. The summed E-state index contributed by atoms with van der Waals surface area (Å²) in [4.78, 5) is 35.6. The minimum atomic E-state index is -1.02. The molecule has 1 amide bonds. The van der Waals surface area contributed by atoms with E-state index in [9.17, 15) is 18.8 Å². The zero-order chi connectivity index (χ0) is 21.2. The van der Waals surface area contributed by atoms with Crippen molar-refractivity contribution in [3.63, 3.8) is 0 Å². The van der Waals surface area contributed by atoms with Crippen molar-refractivity contribution in [1.29, 1.82) is 5.26 Å². The molecule has 29 heavy (non-hydrogen) atoms. The average Bonchev–Trinajstić information content (AvgIpc) is 2.72. The molecule has 0 spiro atoms. The van der Waals surface area contributed by atoms with Crippen molar-refractivity contribution < 1.29 is 28.2 Å². The number of halogens is 1. The normalized spacial score (nSPS) is 9.97. The molecule has 7 nitrogen and oxygen atoms in total. The molecule has 8 heteroatoms. The van der Waals surface area contributed by atoms with E-state index in [-0.39, 0.29) is 11.1 Å². The molecule has 0 aliphatic rings. The van der Waals surface area contributed by atoms with Gasteiger partial charge in [-0.05, 0) is 48.9 Å². The molecule has 2 aromatic carbocycles. The Balaban J connectivity index is 1.85. The second-order valence-corrected chi connectivity index (χ2v) is 6.00. The second kappa shape index (κ2) is 10.6. The number of carbonyl (C=O) groups excluding carboxylic acids is 3. The SMILES string of the molecule is CCCCOC(=O)c1ccc(NC(=O)COC(=O)c2ccc(C#N)cc2F)cc1. The highest BCUT2D eigenvalue weighted by Crippen LogP contribution is 2.13. The maximum Gasteiger partial charge on any atom is 0.341 e. The highest BCUT2D eigenvalue weighted by atomic mass is 19.1. The molecule has 0 aliphatic heterocycles. The Morgan fingerprint density at radius 3 is 2.41 bits per heavy atom. The third-order valence-electron chi connectivity index (χ3n) is 3.79. The Kier molecular flexibility index (Phi) is 7.86. The third kappa shape index (κ3) is 6.43. The van der Waals surface area contributed by atoms with E-state index in [4.69, 9.17) is 14.7 Å². The number of nitrogens with one attached hydrogen (secondary N) is 1. The van der Waals surface area contributed by atoms with Crippen LogP contribution in [0.4, 0.5) is 10.1 Å². The molecule has 0 aliphatic carbocycles. The van der Waals surface area contributed by atoms with Crippen molar-refractivity contribution >= 4 is 23.5 Å². The van der Waals surface area contributed by atoms with Crippen LogP contribution in [-0.2, 0) is 14.3 Å². The maximum absolute atomic E-state index is 13.8. The molecule has 0 fully saturated rings. The van der Waals surface area contributed by atoms with Crippen LogP contribution < -0.4 is 5.32 Å². The number of amides is 1. The van der Waals surface area contributed by atoms with Crippen LogP contribution in [0.2, 0.25) is 0 Å². The Labute approximate surface area is 167 Å². The van der Waals surface area contributed by atoms with Gasteiger partial charge in [0.25, 0.3) is 5.91 Å². The number of hydrogen-bond acceptors (Lipinski definition) is 6. The van der Waals surface area contributed by atoms with Gasteiger partial charge in [0.15, 0.2) is 6.61 Å². The van der Waals surface area contributed by atoms with Crippen molar-refractivity contribution in [1.82, 2.24) is 0 Å². The minimum absolute atomic E-state index is 0.0643. The molecule has 0 unspecified atom stereocenters. The lowest BCUT2D eigenvalue weighted by molar-refractivity contribution is -0.119. The molecule has 0 aromatic heterocycles. The predicted molar refractivity (Wildman–Crippen MR) is 102 cm³/mol. The van der Waals surface area contributed by atoms with E-state index < -0.39 is 30.3 Å². The van der Waals surface area contributed by atoms with Gasteiger partial charge in [-0.3, -0.25) is 4.79 Å². The first-order chi connectivity index (χ1) is 13.9. The summed E-state index contributed by atoms with van der Waals surface area (Å²) >= 11 is 0. The summed E-state index contributed by atoms with van der Waals surface area (Å²) in [5.74, 6) is -3.01.